The van der Waals surface area contributed by atoms with E-state index in [9.17, 15) is 4.79 Å². The highest BCUT2D eigenvalue weighted by molar-refractivity contribution is 5.65. The van der Waals surface area contributed by atoms with E-state index < -0.39 is 6.16 Å². The Morgan fingerprint density at radius 3 is 2.87 bits per heavy atom. The van der Waals surface area contributed by atoms with Crippen LogP contribution in [0.2, 0.25) is 0 Å². The largest absolute Gasteiger partial charge is 0.514 e. The van der Waals surface area contributed by atoms with Crippen LogP contribution < -0.4 is 10.5 Å². The van der Waals surface area contributed by atoms with E-state index in [2.05, 4.69) is 35.7 Å². The van der Waals surface area contributed by atoms with Crippen molar-refractivity contribution >= 4 is 12.0 Å². The minimum atomic E-state index is -0.805. The van der Waals surface area contributed by atoms with Crippen molar-refractivity contribution in [1.82, 2.24) is 9.55 Å². The van der Waals surface area contributed by atoms with Crippen LogP contribution in [0.4, 0.5) is 10.6 Å². The number of hydrogen-bond acceptors (Lipinski definition) is 5. The summed E-state index contributed by atoms with van der Waals surface area (Å²) in [7, 11) is 1.26. The molecule has 0 bridgehead atoms. The molecule has 0 saturated carbocycles. The summed E-state index contributed by atoms with van der Waals surface area (Å²) in [6.45, 7) is 4.40. The average Bonchev–Trinajstić information content (AvgIpc) is 2.87. The van der Waals surface area contributed by atoms with Crippen molar-refractivity contribution in [1.29, 1.82) is 0 Å². The van der Waals surface area contributed by atoms with Crippen LogP contribution in [0.1, 0.15) is 37.4 Å². The van der Waals surface area contributed by atoms with Gasteiger partial charge in [0.15, 0.2) is 5.82 Å². The smallest absolute Gasteiger partial charge is 0.437 e. The van der Waals surface area contributed by atoms with Gasteiger partial charge in [-0.3, -0.25) is 4.57 Å². The number of fused-ring (bicyclic) bond motifs is 1. The molecule has 23 heavy (non-hydrogen) atoms. The number of nitrogen functional groups attached to an aromatic ring is 1. The van der Waals surface area contributed by atoms with E-state index in [1.807, 2.05) is 16.7 Å². The molecule has 1 aliphatic carbocycles. The number of anilines is 1. The number of rotatable bonds is 2. The zero-order valence-electron chi connectivity index (χ0n) is 13.6. The van der Waals surface area contributed by atoms with Gasteiger partial charge in [-0.15, -0.1) is 0 Å². The van der Waals surface area contributed by atoms with Gasteiger partial charge in [-0.25, -0.2) is 9.78 Å². The molecular weight excluding hydrogens is 294 g/mol. The first kappa shape index (κ1) is 15.4. The molecular formula is C17H21N3O3. The highest BCUT2D eigenvalue weighted by Crippen LogP contribution is 2.47. The van der Waals surface area contributed by atoms with Gasteiger partial charge in [0.05, 0.1) is 13.2 Å². The van der Waals surface area contributed by atoms with Crippen molar-refractivity contribution in [2.75, 3.05) is 12.8 Å². The van der Waals surface area contributed by atoms with Gasteiger partial charge in [-0.2, -0.15) is 0 Å². The van der Waals surface area contributed by atoms with E-state index in [-0.39, 0.29) is 23.2 Å². The Bertz CT molecular complexity index is 736. The summed E-state index contributed by atoms with van der Waals surface area (Å²) >= 11 is 0. The van der Waals surface area contributed by atoms with Crippen LogP contribution in [0, 0.1) is 5.41 Å². The van der Waals surface area contributed by atoms with Crippen LogP contribution in [0.25, 0.3) is 0 Å². The van der Waals surface area contributed by atoms with Crippen LogP contribution in [-0.4, -0.2) is 22.8 Å². The summed E-state index contributed by atoms with van der Waals surface area (Å²) in [5.74, 6) is 0.404. The van der Waals surface area contributed by atoms with Crippen LogP contribution in [-0.2, 0) is 11.2 Å². The van der Waals surface area contributed by atoms with E-state index in [0.717, 1.165) is 12.8 Å². The molecule has 1 aromatic heterocycles. The predicted molar refractivity (Wildman–Crippen MR) is 86.4 cm³/mol. The third-order valence-corrected chi connectivity index (χ3v) is 4.53. The standard InChI is InChI=1S/C17H21N3O3/c1-17(2)9-8-11-6-4-5-7-12(11)13(17)20-10-19-14(18)15(20)23-16(21)22-3/h4-7,10,13H,8-9,18H2,1-3H3. The SMILES string of the molecule is COC(=O)Oc1c(N)ncn1C1c2ccccc2CCC1(C)C. The molecule has 2 N–H and O–H groups in total. The third kappa shape index (κ3) is 2.65. The van der Waals surface area contributed by atoms with E-state index in [0.29, 0.717) is 0 Å². The summed E-state index contributed by atoms with van der Waals surface area (Å²) in [6.07, 6.45) is 2.87. The number of imidazole rings is 1. The van der Waals surface area contributed by atoms with E-state index in [1.165, 1.54) is 18.2 Å². The summed E-state index contributed by atoms with van der Waals surface area (Å²) in [4.78, 5) is 15.7. The van der Waals surface area contributed by atoms with Crippen molar-refractivity contribution in [3.8, 4) is 5.88 Å². The van der Waals surface area contributed by atoms with Gasteiger partial charge in [0.2, 0.25) is 0 Å². The molecule has 1 unspecified atom stereocenters. The third-order valence-electron chi connectivity index (χ3n) is 4.53. The lowest BCUT2D eigenvalue weighted by Crippen LogP contribution is -2.33. The first-order chi connectivity index (χ1) is 10.9. The fourth-order valence-electron chi connectivity index (χ4n) is 3.34. The highest BCUT2D eigenvalue weighted by Gasteiger charge is 2.39. The zero-order valence-corrected chi connectivity index (χ0v) is 13.6. The quantitative estimate of drug-likeness (QED) is 0.861. The van der Waals surface area contributed by atoms with Gasteiger partial charge < -0.3 is 15.2 Å². The van der Waals surface area contributed by atoms with Crippen molar-refractivity contribution in [3.63, 3.8) is 0 Å². The number of hydrogen-bond donors (Lipinski definition) is 1. The summed E-state index contributed by atoms with van der Waals surface area (Å²) in [5, 5.41) is 0. The van der Waals surface area contributed by atoms with Crippen molar-refractivity contribution in [2.45, 2.75) is 32.7 Å². The Morgan fingerprint density at radius 1 is 1.39 bits per heavy atom. The van der Waals surface area contributed by atoms with Crippen molar-refractivity contribution < 1.29 is 14.3 Å². The van der Waals surface area contributed by atoms with Gasteiger partial charge in [0, 0.05) is 0 Å². The second-order valence-electron chi connectivity index (χ2n) is 6.49. The summed E-state index contributed by atoms with van der Waals surface area (Å²) in [6, 6.07) is 8.30. The number of nitrogens with two attached hydrogens (primary N) is 1. The van der Waals surface area contributed by atoms with Crippen LogP contribution in [0.15, 0.2) is 30.6 Å². The number of nitrogens with zero attached hydrogens (tertiary/aromatic N) is 2. The monoisotopic (exact) mass is 315 g/mol. The second kappa shape index (κ2) is 5.61. The summed E-state index contributed by atoms with van der Waals surface area (Å²) in [5.41, 5.74) is 8.37. The summed E-state index contributed by atoms with van der Waals surface area (Å²) < 4.78 is 11.7. The number of ether oxygens (including phenoxy) is 2. The Kier molecular flexibility index (Phi) is 3.75. The molecule has 6 heteroatoms. The molecule has 0 fully saturated rings. The fraction of sp³-hybridized carbons (Fsp3) is 0.412. The van der Waals surface area contributed by atoms with Gasteiger partial charge in [0.25, 0.3) is 5.88 Å². The first-order valence-corrected chi connectivity index (χ1v) is 7.60. The number of methoxy groups -OCH3 is 1. The molecule has 1 heterocycles. The fourth-order valence-corrected chi connectivity index (χ4v) is 3.34. The number of aryl methyl sites for hydroxylation is 1. The van der Waals surface area contributed by atoms with Crippen LogP contribution in [0.5, 0.6) is 5.88 Å². The van der Waals surface area contributed by atoms with Gasteiger partial charge in [-0.1, -0.05) is 38.1 Å². The molecule has 2 aromatic rings. The lowest BCUT2D eigenvalue weighted by molar-refractivity contribution is 0.114. The lowest BCUT2D eigenvalue weighted by Gasteiger charge is -2.41. The molecule has 1 atom stereocenters. The number of aromatic nitrogens is 2. The molecule has 0 radical (unpaired) electrons. The minimum absolute atomic E-state index is 0.0168. The molecule has 0 aliphatic heterocycles. The first-order valence-electron chi connectivity index (χ1n) is 7.60. The Balaban J connectivity index is 2.12. The number of carbonyl (C=O) groups excluding carboxylic acids is 1. The molecule has 1 aromatic carbocycles. The normalized spacial score (nSPS) is 19.0. The van der Waals surface area contributed by atoms with Gasteiger partial charge >= 0.3 is 6.16 Å². The molecule has 0 spiro atoms. The maximum absolute atomic E-state index is 11.5. The van der Waals surface area contributed by atoms with Crippen LogP contribution >= 0.6 is 0 Å². The van der Waals surface area contributed by atoms with Crippen molar-refractivity contribution in [3.05, 3.63) is 41.7 Å². The van der Waals surface area contributed by atoms with Gasteiger partial charge in [0.1, 0.15) is 6.33 Å². The molecule has 122 valence electrons. The van der Waals surface area contributed by atoms with Crippen LogP contribution in [0.3, 0.4) is 0 Å². The van der Waals surface area contributed by atoms with E-state index >= 15 is 0 Å². The van der Waals surface area contributed by atoms with Gasteiger partial charge in [-0.05, 0) is 29.4 Å². The predicted octanol–water partition coefficient (Wildman–Crippen LogP) is 3.17. The molecule has 0 saturated heterocycles. The molecule has 1 aliphatic rings. The number of carbonyl (C=O) groups is 1. The topological polar surface area (TPSA) is 79.4 Å². The lowest BCUT2D eigenvalue weighted by atomic mass is 9.70. The Morgan fingerprint density at radius 2 is 2.13 bits per heavy atom. The van der Waals surface area contributed by atoms with E-state index in [4.69, 9.17) is 10.5 Å². The Hall–Kier alpha value is -2.50. The number of benzene rings is 1. The van der Waals surface area contributed by atoms with E-state index in [1.54, 1.807) is 6.33 Å². The maximum atomic E-state index is 11.5. The molecule has 0 amide bonds. The second-order valence-corrected chi connectivity index (χ2v) is 6.49. The highest BCUT2D eigenvalue weighted by atomic mass is 16.7. The average molecular weight is 315 g/mol. The molecule has 6 nitrogen and oxygen atoms in total. The Labute approximate surface area is 135 Å². The molecule has 3 rings (SSSR count). The minimum Gasteiger partial charge on any atom is -0.437 e. The zero-order chi connectivity index (χ0) is 16.6. The maximum Gasteiger partial charge on any atom is 0.514 e. The van der Waals surface area contributed by atoms with Crippen molar-refractivity contribution in [2.24, 2.45) is 5.41 Å².